The highest BCUT2D eigenvalue weighted by atomic mass is 16.5. The van der Waals surface area contributed by atoms with E-state index in [1.807, 2.05) is 12.1 Å². The van der Waals surface area contributed by atoms with Gasteiger partial charge >= 0.3 is 0 Å². The van der Waals surface area contributed by atoms with Crippen molar-refractivity contribution in [3.8, 4) is 11.5 Å². The predicted molar refractivity (Wildman–Crippen MR) is 135 cm³/mol. The van der Waals surface area contributed by atoms with Crippen LogP contribution in [-0.4, -0.2) is 16.2 Å². The first-order valence-electron chi connectivity index (χ1n) is 11.9. The molecule has 0 aliphatic heterocycles. The largest absolute Gasteiger partial charge is 0.493 e. The Labute approximate surface area is 197 Å². The van der Waals surface area contributed by atoms with Crippen molar-refractivity contribution in [2.24, 2.45) is 0 Å². The third kappa shape index (κ3) is 5.57. The van der Waals surface area contributed by atoms with Crippen LogP contribution in [0.25, 0.3) is 11.0 Å². The second kappa shape index (κ2) is 10.6. The van der Waals surface area contributed by atoms with Crippen LogP contribution in [0, 0.1) is 13.8 Å². The minimum Gasteiger partial charge on any atom is -0.493 e. The van der Waals surface area contributed by atoms with Crippen LogP contribution in [0.5, 0.6) is 11.5 Å². The molecule has 0 aliphatic rings. The van der Waals surface area contributed by atoms with E-state index >= 15 is 0 Å². The normalized spacial score (nSPS) is 11.3. The number of ether oxygens (including phenoxy) is 2. The van der Waals surface area contributed by atoms with E-state index in [2.05, 4.69) is 86.9 Å². The number of aromatic nitrogens is 2. The number of imidazole rings is 1. The average molecular weight is 443 g/mol. The van der Waals surface area contributed by atoms with E-state index in [9.17, 15) is 0 Å². The first-order chi connectivity index (χ1) is 16.0. The van der Waals surface area contributed by atoms with Gasteiger partial charge in [-0.1, -0.05) is 56.3 Å². The molecule has 0 amide bonds. The lowest BCUT2D eigenvalue weighted by Crippen LogP contribution is -2.09. The van der Waals surface area contributed by atoms with Crippen molar-refractivity contribution in [1.29, 1.82) is 0 Å². The molecule has 4 aromatic rings. The van der Waals surface area contributed by atoms with Crippen LogP contribution in [0.4, 0.5) is 0 Å². The lowest BCUT2D eigenvalue weighted by Gasteiger charge is -2.14. The predicted octanol–water partition coefficient (Wildman–Crippen LogP) is 7.21. The fraction of sp³-hybridized carbons (Fsp3) is 0.345. The number of hydrogen-bond acceptors (Lipinski definition) is 3. The van der Waals surface area contributed by atoms with Gasteiger partial charge in [-0.25, -0.2) is 4.98 Å². The zero-order valence-electron chi connectivity index (χ0n) is 20.2. The van der Waals surface area contributed by atoms with Crippen LogP contribution in [0.15, 0.2) is 66.7 Å². The maximum atomic E-state index is 6.19. The standard InChI is InChI=1S/C29H34N2O2/c1-21(2)24-11-5-8-14-27(24)32-18-10-9-17-31-26-13-7-6-12-25(26)30-29(31)20-33-28-19-22(3)15-16-23(28)4/h5-8,11-16,19,21H,9-10,17-18,20H2,1-4H3. The van der Waals surface area contributed by atoms with Crippen molar-refractivity contribution >= 4 is 11.0 Å². The zero-order valence-corrected chi connectivity index (χ0v) is 20.2. The van der Waals surface area contributed by atoms with Gasteiger partial charge in [-0.15, -0.1) is 0 Å². The van der Waals surface area contributed by atoms with E-state index < -0.39 is 0 Å². The van der Waals surface area contributed by atoms with Gasteiger partial charge < -0.3 is 14.0 Å². The molecule has 4 heteroatoms. The second-order valence-electron chi connectivity index (χ2n) is 8.97. The zero-order chi connectivity index (χ0) is 23.2. The molecule has 0 fully saturated rings. The highest BCUT2D eigenvalue weighted by molar-refractivity contribution is 5.75. The van der Waals surface area contributed by atoms with E-state index in [1.54, 1.807) is 0 Å². The van der Waals surface area contributed by atoms with Crippen molar-refractivity contribution in [2.45, 2.75) is 59.6 Å². The minimum atomic E-state index is 0.456. The third-order valence-electron chi connectivity index (χ3n) is 6.01. The highest BCUT2D eigenvalue weighted by Gasteiger charge is 2.12. The monoisotopic (exact) mass is 442 g/mol. The van der Waals surface area contributed by atoms with E-state index in [-0.39, 0.29) is 0 Å². The van der Waals surface area contributed by atoms with E-state index in [1.165, 1.54) is 11.1 Å². The molecule has 4 nitrogen and oxygen atoms in total. The fourth-order valence-corrected chi connectivity index (χ4v) is 4.13. The van der Waals surface area contributed by atoms with Crippen molar-refractivity contribution in [2.75, 3.05) is 6.61 Å². The summed E-state index contributed by atoms with van der Waals surface area (Å²) in [6, 6.07) is 23.0. The lowest BCUT2D eigenvalue weighted by atomic mass is 10.0. The van der Waals surface area contributed by atoms with Crippen LogP contribution in [-0.2, 0) is 13.2 Å². The summed E-state index contributed by atoms with van der Waals surface area (Å²) in [7, 11) is 0. The summed E-state index contributed by atoms with van der Waals surface area (Å²) in [5.74, 6) is 3.34. The molecular weight excluding hydrogens is 408 g/mol. The quantitative estimate of drug-likeness (QED) is 0.243. The summed E-state index contributed by atoms with van der Waals surface area (Å²) in [5, 5.41) is 0. The lowest BCUT2D eigenvalue weighted by molar-refractivity contribution is 0.283. The Balaban J connectivity index is 1.40. The summed E-state index contributed by atoms with van der Waals surface area (Å²) in [4.78, 5) is 4.86. The van der Waals surface area contributed by atoms with Gasteiger partial charge in [-0.3, -0.25) is 0 Å². The molecule has 0 spiro atoms. The molecule has 0 saturated carbocycles. The van der Waals surface area contributed by atoms with Crippen LogP contribution in [0.2, 0.25) is 0 Å². The molecule has 0 saturated heterocycles. The number of rotatable bonds is 10. The number of hydrogen-bond donors (Lipinski definition) is 0. The summed E-state index contributed by atoms with van der Waals surface area (Å²) in [6.45, 7) is 10.6. The molecule has 0 radical (unpaired) electrons. The Morgan fingerprint density at radius 2 is 1.64 bits per heavy atom. The van der Waals surface area contributed by atoms with E-state index in [0.29, 0.717) is 19.1 Å². The van der Waals surface area contributed by atoms with Crippen molar-refractivity contribution < 1.29 is 9.47 Å². The number of aryl methyl sites for hydroxylation is 3. The summed E-state index contributed by atoms with van der Waals surface area (Å²) < 4.78 is 14.6. The molecular formula is C29H34N2O2. The first kappa shape index (κ1) is 22.9. The molecule has 0 atom stereocenters. The number of unbranched alkanes of at least 4 members (excludes halogenated alkanes) is 1. The van der Waals surface area contributed by atoms with Crippen molar-refractivity contribution in [1.82, 2.24) is 9.55 Å². The van der Waals surface area contributed by atoms with Crippen molar-refractivity contribution in [3.05, 3.63) is 89.2 Å². The molecule has 1 aromatic heterocycles. The maximum absolute atomic E-state index is 6.19. The molecule has 0 aliphatic carbocycles. The Hall–Kier alpha value is -3.27. The van der Waals surface area contributed by atoms with E-state index in [0.717, 1.165) is 53.3 Å². The Kier molecular flexibility index (Phi) is 7.33. The van der Waals surface area contributed by atoms with Gasteiger partial charge in [0.05, 0.1) is 17.6 Å². The molecule has 0 bridgehead atoms. The molecule has 0 unspecified atom stereocenters. The SMILES string of the molecule is Cc1ccc(C)c(OCc2nc3ccccc3n2CCCCOc2ccccc2C(C)C)c1. The van der Waals surface area contributed by atoms with Gasteiger partial charge in [0, 0.05) is 6.54 Å². The Bertz CT molecular complexity index is 1210. The van der Waals surface area contributed by atoms with E-state index in [4.69, 9.17) is 14.5 Å². The third-order valence-corrected chi connectivity index (χ3v) is 6.01. The van der Waals surface area contributed by atoms with Gasteiger partial charge in [0.25, 0.3) is 0 Å². The smallest absolute Gasteiger partial charge is 0.147 e. The van der Waals surface area contributed by atoms with Gasteiger partial charge in [0.1, 0.15) is 23.9 Å². The van der Waals surface area contributed by atoms with Gasteiger partial charge in [-0.05, 0) is 73.6 Å². The van der Waals surface area contributed by atoms with Gasteiger partial charge in [0.2, 0.25) is 0 Å². The van der Waals surface area contributed by atoms with Gasteiger partial charge in [0.15, 0.2) is 0 Å². The average Bonchev–Trinajstić information content (AvgIpc) is 3.17. The first-order valence-corrected chi connectivity index (χ1v) is 11.9. The number of nitrogens with zero attached hydrogens (tertiary/aromatic N) is 2. The topological polar surface area (TPSA) is 36.3 Å². The Morgan fingerprint density at radius 1 is 0.848 bits per heavy atom. The molecule has 1 heterocycles. The molecule has 0 N–H and O–H groups in total. The molecule has 172 valence electrons. The Morgan fingerprint density at radius 3 is 2.48 bits per heavy atom. The van der Waals surface area contributed by atoms with Crippen LogP contribution in [0.1, 0.15) is 55.1 Å². The second-order valence-corrected chi connectivity index (χ2v) is 8.97. The van der Waals surface area contributed by atoms with Crippen LogP contribution < -0.4 is 9.47 Å². The number of para-hydroxylation sites is 3. The molecule has 3 aromatic carbocycles. The highest BCUT2D eigenvalue weighted by Crippen LogP contribution is 2.26. The number of benzene rings is 3. The minimum absolute atomic E-state index is 0.456. The van der Waals surface area contributed by atoms with Crippen LogP contribution in [0.3, 0.4) is 0 Å². The van der Waals surface area contributed by atoms with Gasteiger partial charge in [-0.2, -0.15) is 0 Å². The molecule has 33 heavy (non-hydrogen) atoms. The van der Waals surface area contributed by atoms with Crippen molar-refractivity contribution in [3.63, 3.8) is 0 Å². The summed E-state index contributed by atoms with van der Waals surface area (Å²) >= 11 is 0. The summed E-state index contributed by atoms with van der Waals surface area (Å²) in [5.41, 5.74) is 5.77. The molecule has 4 rings (SSSR count). The van der Waals surface area contributed by atoms with Crippen LogP contribution >= 0.6 is 0 Å². The summed E-state index contributed by atoms with van der Waals surface area (Å²) in [6.07, 6.45) is 2.00. The maximum Gasteiger partial charge on any atom is 0.147 e. The number of fused-ring (bicyclic) bond motifs is 1. The fourth-order valence-electron chi connectivity index (χ4n) is 4.13.